The Labute approximate surface area is 162 Å². The second-order valence-electron chi connectivity index (χ2n) is 6.04. The van der Waals surface area contributed by atoms with E-state index in [0.29, 0.717) is 29.6 Å². The van der Waals surface area contributed by atoms with E-state index < -0.39 is 10.0 Å². The number of benzene rings is 1. The van der Waals surface area contributed by atoms with Crippen LogP contribution in [0.3, 0.4) is 0 Å². The normalized spacial score (nSPS) is 15.6. The van der Waals surface area contributed by atoms with Crippen LogP contribution in [0.5, 0.6) is 0 Å². The van der Waals surface area contributed by atoms with E-state index in [2.05, 4.69) is 14.9 Å². The van der Waals surface area contributed by atoms with Crippen LogP contribution in [0.25, 0.3) is 11.5 Å². The number of esters is 1. The molecule has 2 heterocycles. The molecule has 27 heavy (non-hydrogen) atoms. The van der Waals surface area contributed by atoms with E-state index in [1.54, 1.807) is 24.3 Å². The van der Waals surface area contributed by atoms with Gasteiger partial charge in [0.05, 0.1) is 18.4 Å². The second kappa shape index (κ2) is 8.85. The molecule has 0 radical (unpaired) electrons. The molecule has 146 valence electrons. The van der Waals surface area contributed by atoms with Gasteiger partial charge in [-0.2, -0.15) is 4.31 Å². The number of methoxy groups -OCH3 is 1. The molecule has 0 unspecified atom stereocenters. The monoisotopic (exact) mass is 411 g/mol. The molecular weight excluding hydrogens is 390 g/mol. The van der Waals surface area contributed by atoms with Crippen molar-refractivity contribution >= 4 is 27.8 Å². The van der Waals surface area contributed by atoms with E-state index in [9.17, 15) is 13.2 Å². The maximum absolute atomic E-state index is 12.8. The molecule has 0 aliphatic carbocycles. The molecule has 0 N–H and O–H groups in total. The number of thioether (sulfide) groups is 1. The molecule has 0 bridgehead atoms. The van der Waals surface area contributed by atoms with Crippen LogP contribution in [-0.4, -0.2) is 54.8 Å². The van der Waals surface area contributed by atoms with Crippen LogP contribution >= 0.6 is 11.8 Å². The van der Waals surface area contributed by atoms with E-state index in [4.69, 9.17) is 4.42 Å². The quantitative estimate of drug-likeness (QED) is 0.506. The molecule has 0 atom stereocenters. The van der Waals surface area contributed by atoms with Gasteiger partial charge in [0, 0.05) is 24.4 Å². The van der Waals surface area contributed by atoms with Gasteiger partial charge in [-0.15, -0.1) is 10.2 Å². The molecule has 10 heteroatoms. The van der Waals surface area contributed by atoms with Crippen molar-refractivity contribution in [2.45, 2.75) is 35.8 Å². The van der Waals surface area contributed by atoms with Gasteiger partial charge in [0.1, 0.15) is 0 Å². The molecule has 1 aliphatic heterocycles. The zero-order valence-corrected chi connectivity index (χ0v) is 16.6. The van der Waals surface area contributed by atoms with Gasteiger partial charge in [-0.05, 0) is 31.0 Å². The highest BCUT2D eigenvalue weighted by Gasteiger charge is 2.26. The van der Waals surface area contributed by atoms with Gasteiger partial charge in [0.25, 0.3) is 5.22 Å². The van der Waals surface area contributed by atoms with Gasteiger partial charge < -0.3 is 9.15 Å². The van der Waals surface area contributed by atoms with Crippen molar-refractivity contribution in [3.63, 3.8) is 0 Å². The van der Waals surface area contributed by atoms with E-state index in [1.807, 2.05) is 0 Å². The number of carbonyl (C=O) groups is 1. The Balaban J connectivity index is 1.73. The smallest absolute Gasteiger partial charge is 0.306 e. The summed E-state index contributed by atoms with van der Waals surface area (Å²) in [5.74, 6) is 0.390. The summed E-state index contributed by atoms with van der Waals surface area (Å²) in [5.41, 5.74) is 0.542. The molecule has 1 aliphatic rings. The van der Waals surface area contributed by atoms with Crippen molar-refractivity contribution in [3.8, 4) is 11.5 Å². The first-order valence-electron chi connectivity index (χ1n) is 8.64. The molecule has 3 rings (SSSR count). The van der Waals surface area contributed by atoms with Crippen molar-refractivity contribution in [2.24, 2.45) is 0 Å². The van der Waals surface area contributed by atoms with Crippen LogP contribution < -0.4 is 0 Å². The molecule has 2 aromatic rings. The lowest BCUT2D eigenvalue weighted by atomic mass is 10.2. The highest BCUT2D eigenvalue weighted by molar-refractivity contribution is 7.99. The Kier molecular flexibility index (Phi) is 6.51. The molecule has 1 aromatic carbocycles. The van der Waals surface area contributed by atoms with Crippen LogP contribution in [0.2, 0.25) is 0 Å². The first-order chi connectivity index (χ1) is 13.0. The number of hydrogen-bond donors (Lipinski definition) is 0. The van der Waals surface area contributed by atoms with Crippen LogP contribution in [0, 0.1) is 0 Å². The number of hydrogen-bond acceptors (Lipinski definition) is 8. The van der Waals surface area contributed by atoms with Crippen molar-refractivity contribution in [1.29, 1.82) is 0 Å². The molecule has 1 saturated heterocycles. The molecule has 0 amide bonds. The Morgan fingerprint density at radius 1 is 1.26 bits per heavy atom. The van der Waals surface area contributed by atoms with E-state index >= 15 is 0 Å². The first kappa shape index (κ1) is 19.8. The topological polar surface area (TPSA) is 103 Å². The summed E-state index contributed by atoms with van der Waals surface area (Å²) in [6.45, 7) is 1.10. The SMILES string of the molecule is COC(=O)CCSc1nnc(-c2cccc(S(=O)(=O)N3CCCCC3)c2)o1. The number of rotatable bonds is 7. The minimum atomic E-state index is -3.53. The zero-order chi connectivity index (χ0) is 19.3. The summed E-state index contributed by atoms with van der Waals surface area (Å²) in [6.07, 6.45) is 3.07. The molecule has 1 aromatic heterocycles. The highest BCUT2D eigenvalue weighted by atomic mass is 32.2. The standard InChI is InChI=1S/C17H21N3O5S2/c1-24-15(21)8-11-26-17-19-18-16(25-17)13-6-5-7-14(12-13)27(22,23)20-9-3-2-4-10-20/h5-7,12H,2-4,8-11H2,1H3. The van der Waals surface area contributed by atoms with Gasteiger partial charge in [-0.3, -0.25) is 4.79 Å². The fourth-order valence-electron chi connectivity index (χ4n) is 2.75. The number of nitrogens with zero attached hydrogens (tertiary/aromatic N) is 3. The first-order valence-corrected chi connectivity index (χ1v) is 11.1. The summed E-state index contributed by atoms with van der Waals surface area (Å²) in [5, 5.41) is 8.23. The van der Waals surface area contributed by atoms with E-state index in [0.717, 1.165) is 19.3 Å². The summed E-state index contributed by atoms with van der Waals surface area (Å²) in [4.78, 5) is 11.3. The molecule has 0 saturated carbocycles. The largest absolute Gasteiger partial charge is 0.469 e. The predicted molar refractivity (Wildman–Crippen MR) is 99.7 cm³/mol. The van der Waals surface area contributed by atoms with Gasteiger partial charge in [-0.25, -0.2) is 8.42 Å². The summed E-state index contributed by atoms with van der Waals surface area (Å²) >= 11 is 1.24. The average Bonchev–Trinajstić information content (AvgIpc) is 3.17. The number of piperidine rings is 1. The minimum absolute atomic E-state index is 0.222. The fourth-order valence-corrected chi connectivity index (χ4v) is 5.00. The average molecular weight is 412 g/mol. The zero-order valence-electron chi connectivity index (χ0n) is 15.0. The third kappa shape index (κ3) is 4.88. The Hall–Kier alpha value is -1.91. The van der Waals surface area contributed by atoms with Gasteiger partial charge in [0.2, 0.25) is 15.9 Å². The third-order valence-electron chi connectivity index (χ3n) is 4.20. The number of carbonyl (C=O) groups excluding carboxylic acids is 1. The lowest BCUT2D eigenvalue weighted by Crippen LogP contribution is -2.35. The molecular formula is C17H21N3O5S2. The minimum Gasteiger partial charge on any atom is -0.469 e. The van der Waals surface area contributed by atoms with Crippen LogP contribution in [0.1, 0.15) is 25.7 Å². The highest BCUT2D eigenvalue weighted by Crippen LogP contribution is 2.27. The lowest BCUT2D eigenvalue weighted by Gasteiger charge is -2.25. The maximum Gasteiger partial charge on any atom is 0.306 e. The molecule has 1 fully saturated rings. The lowest BCUT2D eigenvalue weighted by molar-refractivity contribution is -0.140. The van der Waals surface area contributed by atoms with Crippen LogP contribution in [0.4, 0.5) is 0 Å². The summed E-state index contributed by atoms with van der Waals surface area (Å²) in [6, 6.07) is 6.53. The number of ether oxygens (including phenoxy) is 1. The van der Waals surface area contributed by atoms with Gasteiger partial charge >= 0.3 is 5.97 Å². The van der Waals surface area contributed by atoms with E-state index in [1.165, 1.54) is 23.2 Å². The van der Waals surface area contributed by atoms with Crippen molar-refractivity contribution in [1.82, 2.24) is 14.5 Å². The Morgan fingerprint density at radius 2 is 2.04 bits per heavy atom. The molecule has 0 spiro atoms. The molecule has 8 nitrogen and oxygen atoms in total. The van der Waals surface area contributed by atoms with Crippen LogP contribution in [0.15, 0.2) is 38.8 Å². The fraction of sp³-hybridized carbons (Fsp3) is 0.471. The van der Waals surface area contributed by atoms with Crippen molar-refractivity contribution in [2.75, 3.05) is 26.0 Å². The number of sulfonamides is 1. The van der Waals surface area contributed by atoms with E-state index in [-0.39, 0.29) is 23.2 Å². The Morgan fingerprint density at radius 3 is 2.78 bits per heavy atom. The van der Waals surface area contributed by atoms with Crippen molar-refractivity contribution in [3.05, 3.63) is 24.3 Å². The third-order valence-corrected chi connectivity index (χ3v) is 6.91. The van der Waals surface area contributed by atoms with Crippen molar-refractivity contribution < 1.29 is 22.4 Å². The summed E-state index contributed by atoms with van der Waals surface area (Å²) in [7, 11) is -2.19. The summed E-state index contributed by atoms with van der Waals surface area (Å²) < 4.78 is 37.3. The Bertz CT molecular complexity index is 891. The predicted octanol–water partition coefficient (Wildman–Crippen LogP) is 2.57. The second-order valence-corrected chi connectivity index (χ2v) is 9.02. The van der Waals surface area contributed by atoms with Gasteiger partial charge in [-0.1, -0.05) is 24.2 Å². The number of aromatic nitrogens is 2. The van der Waals surface area contributed by atoms with Gasteiger partial charge in [0.15, 0.2) is 0 Å². The van der Waals surface area contributed by atoms with Crippen LogP contribution in [-0.2, 0) is 19.6 Å². The maximum atomic E-state index is 12.8.